The summed E-state index contributed by atoms with van der Waals surface area (Å²) in [5, 5.41) is 0. The molecule has 0 radical (unpaired) electrons. The first-order chi connectivity index (χ1) is 11.1. The van der Waals surface area contributed by atoms with Crippen molar-refractivity contribution in [2.75, 3.05) is 6.61 Å². The summed E-state index contributed by atoms with van der Waals surface area (Å²) in [6.07, 6.45) is 1.25. The third-order valence-electron chi connectivity index (χ3n) is 1.81. The van der Waals surface area contributed by atoms with Crippen LogP contribution < -0.4 is 9.47 Å². The Hall–Kier alpha value is -1.18. The van der Waals surface area contributed by atoms with Crippen molar-refractivity contribution in [1.82, 2.24) is 0 Å². The quantitative estimate of drug-likeness (QED) is 0.484. The first-order valence-electron chi connectivity index (χ1n) is 9.50. The highest BCUT2D eigenvalue weighted by Crippen LogP contribution is 2.34. The van der Waals surface area contributed by atoms with Gasteiger partial charge in [0.05, 0.1) is 0 Å². The molecule has 1 aliphatic rings. The summed E-state index contributed by atoms with van der Waals surface area (Å²) in [6.45, 7) is 24.9. The van der Waals surface area contributed by atoms with Crippen molar-refractivity contribution in [3.63, 3.8) is 0 Å². The molecule has 0 saturated heterocycles. The van der Waals surface area contributed by atoms with Crippen LogP contribution in [0.3, 0.4) is 0 Å². The lowest BCUT2D eigenvalue weighted by molar-refractivity contribution is 0.0213. The molecular weight excluding hydrogens is 284 g/mol. The van der Waals surface area contributed by atoms with Crippen molar-refractivity contribution in [1.29, 1.82) is 0 Å². The largest absolute Gasteiger partial charge is 0.486 e. The van der Waals surface area contributed by atoms with Crippen molar-refractivity contribution in [3.05, 3.63) is 24.3 Å². The van der Waals surface area contributed by atoms with E-state index in [9.17, 15) is 0 Å². The molecule has 1 aliphatic heterocycles. The van der Waals surface area contributed by atoms with E-state index in [2.05, 4.69) is 13.8 Å². The summed E-state index contributed by atoms with van der Waals surface area (Å²) in [6, 6.07) is 7.74. The fourth-order valence-electron chi connectivity index (χ4n) is 1.23. The number of para-hydroxylation sites is 2. The van der Waals surface area contributed by atoms with Crippen molar-refractivity contribution in [3.8, 4) is 11.5 Å². The zero-order valence-corrected chi connectivity index (χ0v) is 18.0. The molecule has 0 saturated carbocycles. The van der Waals surface area contributed by atoms with Crippen molar-refractivity contribution in [2.45, 2.75) is 95.1 Å². The van der Waals surface area contributed by atoms with E-state index in [1.807, 2.05) is 93.5 Å². The standard InChI is InChI=1S/C10H12O2.C3H8.4C2H6/c1-10(2)7-11-8-5-3-4-6-9(8)12-10;1-3-2;4*1-2/h3-6H,7H2,1-2H3;3H2,1-2H3;4*1-2H3. The van der Waals surface area contributed by atoms with E-state index in [0.717, 1.165) is 11.5 Å². The first kappa shape index (κ1) is 29.8. The van der Waals surface area contributed by atoms with Crippen LogP contribution in [0.5, 0.6) is 11.5 Å². The van der Waals surface area contributed by atoms with Gasteiger partial charge in [-0.05, 0) is 26.0 Å². The molecule has 0 aliphatic carbocycles. The van der Waals surface area contributed by atoms with Gasteiger partial charge in [0.1, 0.15) is 12.2 Å². The molecule has 0 spiro atoms. The molecule has 0 amide bonds. The van der Waals surface area contributed by atoms with Crippen LogP contribution in [0.25, 0.3) is 0 Å². The SMILES string of the molecule is CC.CC.CC.CC.CC1(C)COc2ccccc2O1.CCC. The second-order valence-electron chi connectivity index (χ2n) is 4.30. The second kappa shape index (κ2) is 23.1. The average Bonchev–Trinajstić information content (AvgIpc) is 2.62. The Kier molecular flexibility index (Phi) is 29.9. The van der Waals surface area contributed by atoms with Crippen LogP contribution in [-0.2, 0) is 0 Å². The molecule has 0 fully saturated rings. The van der Waals surface area contributed by atoms with Gasteiger partial charge in [0.2, 0.25) is 0 Å². The zero-order chi connectivity index (χ0) is 19.3. The van der Waals surface area contributed by atoms with Crippen LogP contribution in [0.4, 0.5) is 0 Å². The maximum Gasteiger partial charge on any atom is 0.162 e. The van der Waals surface area contributed by atoms with Gasteiger partial charge in [0.25, 0.3) is 0 Å². The van der Waals surface area contributed by atoms with Gasteiger partial charge in [-0.2, -0.15) is 0 Å². The highest BCUT2D eigenvalue weighted by atomic mass is 16.6. The summed E-state index contributed by atoms with van der Waals surface area (Å²) in [4.78, 5) is 0. The van der Waals surface area contributed by atoms with Crippen molar-refractivity contribution >= 4 is 0 Å². The first-order valence-corrected chi connectivity index (χ1v) is 9.50. The van der Waals surface area contributed by atoms with Gasteiger partial charge >= 0.3 is 0 Å². The molecule has 0 bridgehead atoms. The molecule has 1 aromatic rings. The minimum Gasteiger partial charge on any atom is -0.486 e. The van der Waals surface area contributed by atoms with Gasteiger partial charge in [-0.1, -0.05) is 87.8 Å². The van der Waals surface area contributed by atoms with Crippen LogP contribution >= 0.6 is 0 Å². The summed E-state index contributed by atoms with van der Waals surface area (Å²) in [5.41, 5.74) is -0.200. The fourth-order valence-corrected chi connectivity index (χ4v) is 1.23. The smallest absolute Gasteiger partial charge is 0.162 e. The Bertz CT molecular complexity index is 306. The molecule has 0 unspecified atom stereocenters. The maximum atomic E-state index is 5.69. The molecule has 0 aromatic heterocycles. The Morgan fingerprint density at radius 3 is 1.52 bits per heavy atom. The number of hydrogen-bond donors (Lipinski definition) is 0. The van der Waals surface area contributed by atoms with Crippen molar-refractivity contribution < 1.29 is 9.47 Å². The average molecular weight is 329 g/mol. The minimum absolute atomic E-state index is 0.200. The predicted octanol–water partition coefficient (Wildman–Crippen LogP) is 7.76. The number of ether oxygens (including phenoxy) is 2. The molecule has 2 heteroatoms. The van der Waals surface area contributed by atoms with Gasteiger partial charge < -0.3 is 9.47 Å². The lowest BCUT2D eigenvalue weighted by Crippen LogP contribution is -2.38. The van der Waals surface area contributed by atoms with E-state index in [0.29, 0.717) is 6.61 Å². The number of benzene rings is 1. The molecule has 2 rings (SSSR count). The monoisotopic (exact) mass is 328 g/mol. The maximum absolute atomic E-state index is 5.69. The van der Waals surface area contributed by atoms with Gasteiger partial charge in [-0.25, -0.2) is 0 Å². The summed E-state index contributed by atoms with van der Waals surface area (Å²) in [7, 11) is 0. The van der Waals surface area contributed by atoms with Gasteiger partial charge in [-0.15, -0.1) is 0 Å². The lowest BCUT2D eigenvalue weighted by atomic mass is 10.1. The zero-order valence-electron chi connectivity index (χ0n) is 18.0. The highest BCUT2D eigenvalue weighted by Gasteiger charge is 2.27. The molecular formula is C21H44O2. The van der Waals surface area contributed by atoms with Crippen LogP contribution in [0.2, 0.25) is 0 Å². The fraction of sp³-hybridized carbons (Fsp3) is 0.714. The lowest BCUT2D eigenvalue weighted by Gasteiger charge is -2.32. The van der Waals surface area contributed by atoms with Crippen LogP contribution in [0, 0.1) is 0 Å². The van der Waals surface area contributed by atoms with Crippen LogP contribution in [-0.4, -0.2) is 12.2 Å². The summed E-state index contributed by atoms with van der Waals surface area (Å²) in [5.74, 6) is 1.69. The van der Waals surface area contributed by atoms with E-state index < -0.39 is 0 Å². The topological polar surface area (TPSA) is 18.5 Å². The molecule has 1 heterocycles. The third kappa shape index (κ3) is 17.0. The molecule has 140 valence electrons. The van der Waals surface area contributed by atoms with Crippen molar-refractivity contribution in [2.24, 2.45) is 0 Å². The predicted molar refractivity (Wildman–Crippen MR) is 108 cm³/mol. The Balaban J connectivity index is -0.000000140. The van der Waals surface area contributed by atoms with E-state index in [1.54, 1.807) is 0 Å². The molecule has 0 N–H and O–H groups in total. The summed E-state index contributed by atoms with van der Waals surface area (Å²) < 4.78 is 11.2. The minimum atomic E-state index is -0.200. The van der Waals surface area contributed by atoms with Crippen LogP contribution in [0.1, 0.15) is 89.5 Å². The van der Waals surface area contributed by atoms with E-state index in [-0.39, 0.29) is 5.60 Å². The van der Waals surface area contributed by atoms with Crippen LogP contribution in [0.15, 0.2) is 24.3 Å². The van der Waals surface area contributed by atoms with Gasteiger partial charge in [0.15, 0.2) is 11.5 Å². The number of fused-ring (bicyclic) bond motifs is 1. The van der Waals surface area contributed by atoms with Gasteiger partial charge in [-0.3, -0.25) is 0 Å². The molecule has 1 aromatic carbocycles. The molecule has 0 atom stereocenters. The Morgan fingerprint density at radius 1 is 0.783 bits per heavy atom. The third-order valence-corrected chi connectivity index (χ3v) is 1.81. The normalized spacial score (nSPS) is 11.7. The molecule has 23 heavy (non-hydrogen) atoms. The summed E-state index contributed by atoms with van der Waals surface area (Å²) >= 11 is 0. The number of rotatable bonds is 0. The van der Waals surface area contributed by atoms with E-state index >= 15 is 0 Å². The second-order valence-corrected chi connectivity index (χ2v) is 4.30. The highest BCUT2D eigenvalue weighted by molar-refractivity contribution is 5.41. The van der Waals surface area contributed by atoms with E-state index in [4.69, 9.17) is 9.47 Å². The van der Waals surface area contributed by atoms with Gasteiger partial charge in [0, 0.05) is 0 Å². The molecule has 2 nitrogen and oxygen atoms in total. The Labute approximate surface area is 147 Å². The van der Waals surface area contributed by atoms with E-state index in [1.165, 1.54) is 6.42 Å². The Morgan fingerprint density at radius 2 is 1.13 bits per heavy atom. The number of hydrogen-bond acceptors (Lipinski definition) is 2.